The normalized spacial score (nSPS) is 11.5. The maximum Gasteiger partial charge on any atom is 0.224 e. The average molecular weight is 499 g/mol. The Morgan fingerprint density at radius 1 is 1.24 bits per heavy atom. The number of anilines is 1. The van der Waals surface area contributed by atoms with E-state index in [1.54, 1.807) is 31.3 Å². The first-order valence-electron chi connectivity index (χ1n) is 7.91. The van der Waals surface area contributed by atoms with E-state index >= 15 is 0 Å². The minimum atomic E-state index is -0.00872. The van der Waals surface area contributed by atoms with Gasteiger partial charge in [0.2, 0.25) is 5.91 Å². The van der Waals surface area contributed by atoms with Gasteiger partial charge in [0, 0.05) is 42.0 Å². The first-order valence-corrected chi connectivity index (χ1v) is 9.51. The summed E-state index contributed by atoms with van der Waals surface area (Å²) in [6.07, 6.45) is 3.27. The quantitative estimate of drug-likeness (QED) is 0.219. The number of nitrogens with zero attached hydrogens (tertiary/aromatic N) is 1. The third-order valence-corrected chi connectivity index (χ3v) is 4.96. The molecular weight excluding hydrogens is 471 g/mol. The van der Waals surface area contributed by atoms with Gasteiger partial charge in [-0.05, 0) is 50.8 Å². The number of hydrogen-bond acceptors (Lipinski definition) is 3. The van der Waals surface area contributed by atoms with Crippen molar-refractivity contribution in [1.29, 1.82) is 0 Å². The third kappa shape index (κ3) is 10.8. The average Bonchev–Trinajstić information content (AvgIpc) is 2.56. The highest BCUT2D eigenvalue weighted by atomic mass is 127. The van der Waals surface area contributed by atoms with Gasteiger partial charge in [-0.3, -0.25) is 9.79 Å². The maximum atomic E-state index is 11.9. The summed E-state index contributed by atoms with van der Waals surface area (Å²) in [5.41, 5.74) is 0.758. The molecule has 0 aliphatic carbocycles. The molecule has 0 aliphatic rings. The van der Waals surface area contributed by atoms with Crippen LogP contribution in [0.1, 0.15) is 26.7 Å². The van der Waals surface area contributed by atoms with Gasteiger partial charge in [0.25, 0.3) is 0 Å². The van der Waals surface area contributed by atoms with Crippen LogP contribution in [0.4, 0.5) is 5.69 Å². The summed E-state index contributed by atoms with van der Waals surface area (Å²) in [4.78, 5) is 16.1. The van der Waals surface area contributed by atoms with Gasteiger partial charge in [-0.25, -0.2) is 0 Å². The molecule has 0 atom stereocenters. The number of benzene rings is 1. The second-order valence-electron chi connectivity index (χ2n) is 5.97. The van der Waals surface area contributed by atoms with E-state index < -0.39 is 0 Å². The number of carbonyl (C=O) groups excluding carboxylic acids is 1. The lowest BCUT2D eigenvalue weighted by Gasteiger charge is -2.23. The van der Waals surface area contributed by atoms with Crippen molar-refractivity contribution >= 4 is 64.9 Å². The number of rotatable bonds is 8. The third-order valence-electron chi connectivity index (χ3n) is 3.46. The summed E-state index contributed by atoms with van der Waals surface area (Å²) >= 11 is 7.62. The molecule has 1 aromatic carbocycles. The summed E-state index contributed by atoms with van der Waals surface area (Å²) in [5, 5.41) is 10.0. The first-order chi connectivity index (χ1) is 11.4. The van der Waals surface area contributed by atoms with E-state index in [2.05, 4.69) is 41.0 Å². The van der Waals surface area contributed by atoms with Gasteiger partial charge in [-0.1, -0.05) is 11.6 Å². The van der Waals surface area contributed by atoms with Crippen LogP contribution < -0.4 is 16.0 Å². The predicted octanol–water partition coefficient (Wildman–Crippen LogP) is 3.98. The van der Waals surface area contributed by atoms with E-state index in [4.69, 9.17) is 11.6 Å². The van der Waals surface area contributed by atoms with E-state index in [0.717, 1.165) is 24.6 Å². The van der Waals surface area contributed by atoms with Crippen LogP contribution in [-0.2, 0) is 4.79 Å². The molecule has 0 aromatic heterocycles. The molecule has 1 amide bonds. The zero-order valence-corrected chi connectivity index (χ0v) is 19.1. The Morgan fingerprint density at radius 3 is 2.44 bits per heavy atom. The van der Waals surface area contributed by atoms with Crippen LogP contribution in [0.25, 0.3) is 0 Å². The molecule has 3 N–H and O–H groups in total. The Labute approximate surface area is 177 Å². The van der Waals surface area contributed by atoms with E-state index in [9.17, 15) is 4.79 Å². The Balaban J connectivity index is 0.00000576. The van der Waals surface area contributed by atoms with Crippen LogP contribution in [-0.4, -0.2) is 43.0 Å². The largest absolute Gasteiger partial charge is 0.356 e. The highest BCUT2D eigenvalue weighted by Crippen LogP contribution is 2.19. The van der Waals surface area contributed by atoms with Crippen LogP contribution >= 0.6 is 47.3 Å². The number of guanidine groups is 1. The van der Waals surface area contributed by atoms with Gasteiger partial charge in [0.15, 0.2) is 5.96 Å². The number of amides is 1. The number of hydrogen-bond donors (Lipinski definition) is 3. The monoisotopic (exact) mass is 498 g/mol. The topological polar surface area (TPSA) is 65.5 Å². The summed E-state index contributed by atoms with van der Waals surface area (Å²) in [5.74, 6) is 0.751. The van der Waals surface area contributed by atoms with E-state index in [1.165, 1.54) is 0 Å². The fourth-order valence-electron chi connectivity index (χ4n) is 1.80. The number of thioether (sulfide) groups is 1. The SMILES string of the molecule is CN=C(NCCCC(=O)Nc1ccc(Cl)cc1)NCC(C)(C)SC.I. The van der Waals surface area contributed by atoms with Crippen molar-refractivity contribution in [1.82, 2.24) is 10.6 Å². The van der Waals surface area contributed by atoms with Crippen LogP contribution in [0.15, 0.2) is 29.3 Å². The van der Waals surface area contributed by atoms with E-state index in [0.29, 0.717) is 18.0 Å². The molecule has 0 aliphatic heterocycles. The standard InChI is InChI=1S/C17H27ClN4OS.HI/c1-17(2,24-4)12-21-16(19-3)20-11-5-6-15(23)22-14-9-7-13(18)8-10-14;/h7-10H,5-6,11-12H2,1-4H3,(H,22,23)(H2,19,20,21);1H. The Hall–Kier alpha value is -0.670. The molecule has 0 spiro atoms. The summed E-state index contributed by atoms with van der Waals surface area (Å²) in [6.45, 7) is 5.87. The number of nitrogens with one attached hydrogen (secondary N) is 3. The van der Waals surface area contributed by atoms with Crippen molar-refractivity contribution in [3.05, 3.63) is 29.3 Å². The van der Waals surface area contributed by atoms with Gasteiger partial charge in [0.05, 0.1) is 0 Å². The summed E-state index contributed by atoms with van der Waals surface area (Å²) in [6, 6.07) is 7.09. The molecule has 25 heavy (non-hydrogen) atoms. The second kappa shape index (κ2) is 12.6. The van der Waals surface area contributed by atoms with E-state index in [-0.39, 0.29) is 34.6 Å². The number of carbonyl (C=O) groups is 1. The van der Waals surface area contributed by atoms with Gasteiger partial charge < -0.3 is 16.0 Å². The molecular formula is C17H28ClIN4OS. The van der Waals surface area contributed by atoms with Crippen LogP contribution in [0.3, 0.4) is 0 Å². The summed E-state index contributed by atoms with van der Waals surface area (Å²) in [7, 11) is 1.74. The lowest BCUT2D eigenvalue weighted by atomic mass is 10.2. The van der Waals surface area contributed by atoms with Crippen LogP contribution in [0, 0.1) is 0 Å². The molecule has 0 unspecified atom stereocenters. The Morgan fingerprint density at radius 2 is 1.88 bits per heavy atom. The van der Waals surface area contributed by atoms with Crippen molar-refractivity contribution in [3.63, 3.8) is 0 Å². The highest BCUT2D eigenvalue weighted by Gasteiger charge is 2.15. The number of halogens is 2. The molecule has 0 fully saturated rings. The smallest absolute Gasteiger partial charge is 0.224 e. The molecule has 1 aromatic rings. The lowest BCUT2D eigenvalue weighted by molar-refractivity contribution is -0.116. The molecule has 142 valence electrons. The van der Waals surface area contributed by atoms with Gasteiger partial charge >= 0.3 is 0 Å². The molecule has 1 rings (SSSR count). The van der Waals surface area contributed by atoms with Crippen molar-refractivity contribution in [2.45, 2.75) is 31.4 Å². The van der Waals surface area contributed by atoms with Crippen LogP contribution in [0.2, 0.25) is 5.02 Å². The molecule has 0 saturated carbocycles. The minimum absolute atomic E-state index is 0. The first kappa shape index (κ1) is 24.3. The fourth-order valence-corrected chi connectivity index (χ4v) is 2.14. The van der Waals surface area contributed by atoms with Gasteiger partial charge in [-0.2, -0.15) is 11.8 Å². The second-order valence-corrected chi connectivity index (χ2v) is 7.92. The minimum Gasteiger partial charge on any atom is -0.356 e. The highest BCUT2D eigenvalue weighted by molar-refractivity contribution is 14.0. The molecule has 8 heteroatoms. The molecule has 0 heterocycles. The lowest BCUT2D eigenvalue weighted by Crippen LogP contribution is -2.43. The summed E-state index contributed by atoms with van der Waals surface area (Å²) < 4.78 is 0.149. The Bertz CT molecular complexity index is 552. The van der Waals surface area contributed by atoms with Crippen molar-refractivity contribution in [2.24, 2.45) is 4.99 Å². The van der Waals surface area contributed by atoms with E-state index in [1.807, 2.05) is 11.8 Å². The zero-order valence-electron chi connectivity index (χ0n) is 15.2. The fraction of sp³-hybridized carbons (Fsp3) is 0.529. The molecule has 0 radical (unpaired) electrons. The predicted molar refractivity (Wildman–Crippen MR) is 122 cm³/mol. The Kier molecular flexibility index (Phi) is 12.3. The van der Waals surface area contributed by atoms with Crippen LogP contribution in [0.5, 0.6) is 0 Å². The van der Waals surface area contributed by atoms with Crippen molar-refractivity contribution in [3.8, 4) is 0 Å². The molecule has 5 nitrogen and oxygen atoms in total. The maximum absolute atomic E-state index is 11.9. The zero-order chi connectivity index (χ0) is 18.0. The van der Waals surface area contributed by atoms with Crippen molar-refractivity contribution in [2.75, 3.05) is 31.7 Å². The van der Waals surface area contributed by atoms with Crippen molar-refractivity contribution < 1.29 is 4.79 Å². The van der Waals surface area contributed by atoms with Gasteiger partial charge in [0.1, 0.15) is 0 Å². The molecule has 0 bridgehead atoms. The number of aliphatic imine (C=N–C) groups is 1. The molecule has 0 saturated heterocycles. The van der Waals surface area contributed by atoms with Gasteiger partial charge in [-0.15, -0.1) is 24.0 Å².